The minimum Gasteiger partial charge on any atom is -0.489 e. The highest BCUT2D eigenvalue weighted by molar-refractivity contribution is 5.29. The summed E-state index contributed by atoms with van der Waals surface area (Å²) < 4.78 is 11.8. The van der Waals surface area contributed by atoms with Crippen molar-refractivity contribution in [1.29, 1.82) is 0 Å². The highest BCUT2D eigenvalue weighted by atomic mass is 16.5. The van der Waals surface area contributed by atoms with E-state index in [2.05, 4.69) is 41.4 Å². The third-order valence-corrected chi connectivity index (χ3v) is 4.24. The Labute approximate surface area is 144 Å². The Hall–Kier alpha value is -1.88. The van der Waals surface area contributed by atoms with Crippen LogP contribution >= 0.6 is 0 Å². The molecular weight excluding hydrogens is 300 g/mol. The predicted molar refractivity (Wildman–Crippen MR) is 96.0 cm³/mol. The molecule has 1 aliphatic heterocycles. The van der Waals surface area contributed by atoms with Crippen LogP contribution in [0.5, 0.6) is 5.75 Å². The fourth-order valence-corrected chi connectivity index (χ4v) is 2.84. The molecule has 4 nitrogen and oxygen atoms in total. The van der Waals surface area contributed by atoms with Crippen molar-refractivity contribution in [3.05, 3.63) is 65.7 Å². The number of benzene rings is 2. The summed E-state index contributed by atoms with van der Waals surface area (Å²) >= 11 is 0. The molecule has 1 fully saturated rings. The van der Waals surface area contributed by atoms with Crippen LogP contribution in [0.3, 0.4) is 0 Å². The molecule has 1 unspecified atom stereocenters. The van der Waals surface area contributed by atoms with Gasteiger partial charge in [0.25, 0.3) is 0 Å². The lowest BCUT2D eigenvalue weighted by atomic mass is 10.1. The van der Waals surface area contributed by atoms with E-state index in [9.17, 15) is 0 Å². The molecule has 0 bridgehead atoms. The largest absolute Gasteiger partial charge is 0.489 e. The SMILES string of the molecule is CCNCN1CCOC(c2ccc(OCc3ccccc3)cc2)C1. The van der Waals surface area contributed by atoms with Gasteiger partial charge < -0.3 is 14.8 Å². The summed E-state index contributed by atoms with van der Waals surface area (Å²) in [4.78, 5) is 2.40. The van der Waals surface area contributed by atoms with Crippen LogP contribution in [0.15, 0.2) is 54.6 Å². The van der Waals surface area contributed by atoms with E-state index in [-0.39, 0.29) is 6.10 Å². The summed E-state index contributed by atoms with van der Waals surface area (Å²) in [6.07, 6.45) is 0.139. The van der Waals surface area contributed by atoms with Crippen molar-refractivity contribution >= 4 is 0 Å². The maximum atomic E-state index is 5.93. The molecule has 4 heteroatoms. The zero-order chi connectivity index (χ0) is 16.6. The molecule has 0 aliphatic carbocycles. The standard InChI is InChI=1S/C20H26N2O2/c1-2-21-16-22-12-13-23-20(14-22)18-8-10-19(11-9-18)24-15-17-6-4-3-5-7-17/h3-11,20-21H,2,12-16H2,1H3. The summed E-state index contributed by atoms with van der Waals surface area (Å²) in [6, 6.07) is 18.5. The molecule has 0 amide bonds. The van der Waals surface area contributed by atoms with Crippen molar-refractivity contribution in [2.45, 2.75) is 19.6 Å². The van der Waals surface area contributed by atoms with Crippen LogP contribution in [0.25, 0.3) is 0 Å². The van der Waals surface area contributed by atoms with E-state index >= 15 is 0 Å². The molecule has 1 aliphatic rings. The second kappa shape index (κ2) is 8.83. The van der Waals surface area contributed by atoms with Crippen molar-refractivity contribution in [2.24, 2.45) is 0 Å². The van der Waals surface area contributed by atoms with E-state index in [1.807, 2.05) is 30.3 Å². The minimum atomic E-state index is 0.139. The minimum absolute atomic E-state index is 0.139. The van der Waals surface area contributed by atoms with E-state index in [1.54, 1.807) is 0 Å². The molecule has 2 aromatic carbocycles. The van der Waals surface area contributed by atoms with Crippen LogP contribution in [0, 0.1) is 0 Å². The topological polar surface area (TPSA) is 33.7 Å². The first-order valence-corrected chi connectivity index (χ1v) is 8.66. The first-order chi connectivity index (χ1) is 11.8. The average Bonchev–Trinajstić information content (AvgIpc) is 2.66. The molecule has 3 rings (SSSR count). The van der Waals surface area contributed by atoms with E-state index < -0.39 is 0 Å². The molecule has 1 atom stereocenters. The molecule has 24 heavy (non-hydrogen) atoms. The van der Waals surface area contributed by atoms with Crippen molar-refractivity contribution in [3.63, 3.8) is 0 Å². The zero-order valence-electron chi connectivity index (χ0n) is 14.3. The maximum absolute atomic E-state index is 5.93. The van der Waals surface area contributed by atoms with Gasteiger partial charge >= 0.3 is 0 Å². The molecule has 0 spiro atoms. The fourth-order valence-electron chi connectivity index (χ4n) is 2.84. The number of morpholine rings is 1. The Morgan fingerprint density at radius 3 is 2.67 bits per heavy atom. The van der Waals surface area contributed by atoms with Gasteiger partial charge in [0.2, 0.25) is 0 Å². The van der Waals surface area contributed by atoms with Crippen LogP contribution in [-0.2, 0) is 11.3 Å². The van der Waals surface area contributed by atoms with Crippen LogP contribution in [0.1, 0.15) is 24.2 Å². The molecule has 2 aromatic rings. The van der Waals surface area contributed by atoms with Crippen molar-refractivity contribution in [2.75, 3.05) is 32.9 Å². The lowest BCUT2D eigenvalue weighted by Gasteiger charge is -2.33. The Balaban J connectivity index is 1.54. The van der Waals surface area contributed by atoms with Gasteiger partial charge in [0.15, 0.2) is 0 Å². The molecule has 0 saturated carbocycles. The van der Waals surface area contributed by atoms with Crippen molar-refractivity contribution < 1.29 is 9.47 Å². The third-order valence-electron chi connectivity index (χ3n) is 4.24. The lowest BCUT2D eigenvalue weighted by molar-refractivity contribution is -0.0322. The molecule has 128 valence electrons. The number of nitrogens with one attached hydrogen (secondary N) is 1. The van der Waals surface area contributed by atoms with Gasteiger partial charge in [-0.25, -0.2) is 0 Å². The number of ether oxygens (including phenoxy) is 2. The smallest absolute Gasteiger partial charge is 0.119 e. The molecule has 1 N–H and O–H groups in total. The van der Waals surface area contributed by atoms with Gasteiger partial charge in [-0.2, -0.15) is 0 Å². The van der Waals surface area contributed by atoms with Crippen LogP contribution in [0.2, 0.25) is 0 Å². The summed E-state index contributed by atoms with van der Waals surface area (Å²) in [5, 5.41) is 3.38. The van der Waals surface area contributed by atoms with Gasteiger partial charge in [-0.15, -0.1) is 0 Å². The van der Waals surface area contributed by atoms with E-state index in [4.69, 9.17) is 9.47 Å². The molecule has 0 radical (unpaired) electrons. The number of hydrogen-bond acceptors (Lipinski definition) is 4. The number of rotatable bonds is 7. The molecule has 1 saturated heterocycles. The quantitative estimate of drug-likeness (QED) is 0.847. The Morgan fingerprint density at radius 1 is 1.12 bits per heavy atom. The van der Waals surface area contributed by atoms with Gasteiger partial charge in [-0.1, -0.05) is 49.4 Å². The second-order valence-corrected chi connectivity index (χ2v) is 6.04. The lowest BCUT2D eigenvalue weighted by Crippen LogP contribution is -2.43. The Morgan fingerprint density at radius 2 is 1.92 bits per heavy atom. The van der Waals surface area contributed by atoms with E-state index in [0.717, 1.165) is 38.7 Å². The van der Waals surface area contributed by atoms with Gasteiger partial charge in [0.1, 0.15) is 12.4 Å². The third kappa shape index (κ3) is 4.81. The van der Waals surface area contributed by atoms with Crippen molar-refractivity contribution in [3.8, 4) is 5.75 Å². The van der Waals surface area contributed by atoms with Crippen LogP contribution in [-0.4, -0.2) is 37.8 Å². The van der Waals surface area contributed by atoms with Gasteiger partial charge in [-0.3, -0.25) is 4.90 Å². The summed E-state index contributed by atoms with van der Waals surface area (Å²) in [5.41, 5.74) is 2.39. The average molecular weight is 326 g/mol. The fraction of sp³-hybridized carbons (Fsp3) is 0.400. The van der Waals surface area contributed by atoms with Gasteiger partial charge in [0, 0.05) is 19.8 Å². The van der Waals surface area contributed by atoms with Gasteiger partial charge in [-0.05, 0) is 29.8 Å². The second-order valence-electron chi connectivity index (χ2n) is 6.04. The van der Waals surface area contributed by atoms with Crippen LogP contribution < -0.4 is 10.1 Å². The summed E-state index contributed by atoms with van der Waals surface area (Å²) in [5.74, 6) is 0.892. The first-order valence-electron chi connectivity index (χ1n) is 8.66. The van der Waals surface area contributed by atoms with E-state index in [0.29, 0.717) is 6.61 Å². The molecular formula is C20H26N2O2. The monoisotopic (exact) mass is 326 g/mol. The highest BCUT2D eigenvalue weighted by Crippen LogP contribution is 2.24. The molecule has 1 heterocycles. The molecule has 0 aromatic heterocycles. The Bertz CT molecular complexity index is 601. The number of hydrogen-bond donors (Lipinski definition) is 1. The number of nitrogens with zero attached hydrogens (tertiary/aromatic N) is 1. The highest BCUT2D eigenvalue weighted by Gasteiger charge is 2.21. The summed E-state index contributed by atoms with van der Waals surface area (Å²) in [7, 11) is 0. The predicted octanol–water partition coefficient (Wildman–Crippen LogP) is 3.21. The van der Waals surface area contributed by atoms with Gasteiger partial charge in [0.05, 0.1) is 12.7 Å². The summed E-state index contributed by atoms with van der Waals surface area (Å²) in [6.45, 7) is 7.34. The normalized spacial score (nSPS) is 18.5. The maximum Gasteiger partial charge on any atom is 0.119 e. The zero-order valence-corrected chi connectivity index (χ0v) is 14.3. The first kappa shape index (κ1) is 17.0. The van der Waals surface area contributed by atoms with E-state index in [1.165, 1.54) is 11.1 Å². The van der Waals surface area contributed by atoms with Crippen molar-refractivity contribution in [1.82, 2.24) is 10.2 Å². The van der Waals surface area contributed by atoms with Crippen LogP contribution in [0.4, 0.5) is 0 Å². The Kier molecular flexibility index (Phi) is 6.24.